The molecule has 1 aliphatic rings. The third kappa shape index (κ3) is 3.45. The molecule has 1 fully saturated rings. The van der Waals surface area contributed by atoms with Crippen LogP contribution < -0.4 is 11.3 Å². The summed E-state index contributed by atoms with van der Waals surface area (Å²) >= 11 is 1.60. The van der Waals surface area contributed by atoms with Gasteiger partial charge in [-0.25, -0.2) is 4.98 Å². The van der Waals surface area contributed by atoms with Crippen molar-refractivity contribution >= 4 is 34.0 Å². The molecule has 3 rings (SSSR count). The van der Waals surface area contributed by atoms with E-state index < -0.39 is 0 Å². The van der Waals surface area contributed by atoms with E-state index in [0.29, 0.717) is 6.54 Å². The van der Waals surface area contributed by atoms with Gasteiger partial charge in [0.15, 0.2) is 0 Å². The Balaban J connectivity index is 0.00000192. The summed E-state index contributed by atoms with van der Waals surface area (Å²) in [7, 11) is 0. The van der Waals surface area contributed by atoms with Crippen LogP contribution in [0.3, 0.4) is 0 Å². The molecule has 1 atom stereocenters. The highest BCUT2D eigenvalue weighted by atomic mass is 35.5. The molecule has 0 amide bonds. The molecule has 7 heteroatoms. The van der Waals surface area contributed by atoms with Crippen LogP contribution in [0.1, 0.15) is 36.5 Å². The number of likely N-dealkylation sites (tertiary alicyclic amines) is 1. The van der Waals surface area contributed by atoms with Crippen LogP contribution in [0, 0.1) is 19.3 Å². The van der Waals surface area contributed by atoms with Gasteiger partial charge in [0.2, 0.25) is 0 Å². The van der Waals surface area contributed by atoms with E-state index in [0.717, 1.165) is 46.0 Å². The fraction of sp³-hybridized carbons (Fsp3) is 0.625. The Morgan fingerprint density at radius 2 is 2.13 bits per heavy atom. The molecule has 5 nitrogen and oxygen atoms in total. The van der Waals surface area contributed by atoms with Crippen LogP contribution in [0.25, 0.3) is 10.2 Å². The molecule has 3 heterocycles. The molecule has 1 unspecified atom stereocenters. The predicted molar refractivity (Wildman–Crippen MR) is 98.6 cm³/mol. The Bertz CT molecular complexity index is 767. The van der Waals surface area contributed by atoms with Gasteiger partial charge in [0.25, 0.3) is 5.56 Å². The molecule has 1 saturated heterocycles. The number of rotatable bonds is 2. The zero-order valence-corrected chi connectivity index (χ0v) is 15.7. The van der Waals surface area contributed by atoms with Crippen LogP contribution in [0.15, 0.2) is 4.79 Å². The number of aromatic amines is 1. The summed E-state index contributed by atoms with van der Waals surface area (Å²) in [6.45, 7) is 11.0. The highest BCUT2D eigenvalue weighted by Gasteiger charge is 2.33. The summed E-state index contributed by atoms with van der Waals surface area (Å²) in [4.78, 5) is 24.3. The number of thiophene rings is 1. The summed E-state index contributed by atoms with van der Waals surface area (Å²) in [6.07, 6.45) is 0.983. The van der Waals surface area contributed by atoms with Gasteiger partial charge in [-0.1, -0.05) is 13.8 Å². The second-order valence-corrected chi connectivity index (χ2v) is 8.27. The number of hydrogen-bond acceptors (Lipinski definition) is 5. The lowest BCUT2D eigenvalue weighted by Crippen LogP contribution is -2.52. The van der Waals surface area contributed by atoms with Crippen LogP contribution >= 0.6 is 23.7 Å². The van der Waals surface area contributed by atoms with Gasteiger partial charge in [0.05, 0.1) is 11.9 Å². The first kappa shape index (κ1) is 18.4. The number of hydrogen-bond donors (Lipinski definition) is 2. The van der Waals surface area contributed by atoms with E-state index in [4.69, 9.17) is 5.73 Å². The number of aryl methyl sites for hydroxylation is 2. The van der Waals surface area contributed by atoms with Crippen LogP contribution in [-0.4, -0.2) is 34.0 Å². The second-order valence-electron chi connectivity index (χ2n) is 7.07. The van der Waals surface area contributed by atoms with Gasteiger partial charge in [-0.2, -0.15) is 0 Å². The lowest BCUT2D eigenvalue weighted by Gasteiger charge is -2.42. The third-order valence-electron chi connectivity index (χ3n) is 4.85. The monoisotopic (exact) mass is 356 g/mol. The van der Waals surface area contributed by atoms with Crippen LogP contribution in [0.2, 0.25) is 0 Å². The number of halogens is 1. The molecule has 0 aliphatic carbocycles. The van der Waals surface area contributed by atoms with Gasteiger partial charge in [-0.05, 0) is 31.2 Å². The fourth-order valence-corrected chi connectivity index (χ4v) is 4.25. The number of nitrogens with two attached hydrogens (primary N) is 1. The minimum absolute atomic E-state index is 0. The largest absolute Gasteiger partial charge is 0.327 e. The highest BCUT2D eigenvalue weighted by molar-refractivity contribution is 7.18. The van der Waals surface area contributed by atoms with Crippen molar-refractivity contribution in [3.05, 3.63) is 26.6 Å². The van der Waals surface area contributed by atoms with E-state index >= 15 is 0 Å². The topological polar surface area (TPSA) is 75.0 Å². The number of piperidine rings is 1. The van der Waals surface area contributed by atoms with Crippen LogP contribution in [-0.2, 0) is 6.54 Å². The molecule has 0 saturated carbocycles. The van der Waals surface area contributed by atoms with Gasteiger partial charge in [0, 0.05) is 24.0 Å². The molecule has 0 radical (unpaired) electrons. The Morgan fingerprint density at radius 1 is 1.43 bits per heavy atom. The lowest BCUT2D eigenvalue weighted by atomic mass is 9.80. The summed E-state index contributed by atoms with van der Waals surface area (Å²) in [6, 6.07) is 0.237. The number of fused-ring (bicyclic) bond motifs is 1. The molecule has 0 aromatic carbocycles. The minimum atomic E-state index is -0.0187. The third-order valence-corrected chi connectivity index (χ3v) is 5.95. The molecule has 3 N–H and O–H groups in total. The first-order valence-corrected chi connectivity index (χ1v) is 8.56. The second kappa shape index (κ2) is 6.51. The van der Waals surface area contributed by atoms with Gasteiger partial charge in [-0.3, -0.25) is 9.69 Å². The summed E-state index contributed by atoms with van der Waals surface area (Å²) in [5, 5.41) is 0.743. The Hall–Kier alpha value is -0.950. The molecule has 128 valence electrons. The maximum Gasteiger partial charge on any atom is 0.259 e. The van der Waals surface area contributed by atoms with E-state index in [2.05, 4.69) is 28.7 Å². The van der Waals surface area contributed by atoms with Crippen LogP contribution in [0.5, 0.6) is 0 Å². The van der Waals surface area contributed by atoms with Crippen molar-refractivity contribution in [3.63, 3.8) is 0 Å². The maximum absolute atomic E-state index is 12.3. The quantitative estimate of drug-likeness (QED) is 0.867. The van der Waals surface area contributed by atoms with Crippen molar-refractivity contribution in [2.45, 2.75) is 46.7 Å². The van der Waals surface area contributed by atoms with E-state index in [-0.39, 0.29) is 29.4 Å². The standard InChI is InChI=1S/C16H24N4OS.ClH/c1-9-10(2)22-15-13(9)14(21)18-12(19-15)7-20-6-5-11(17)16(3,4)8-20;/h11H,5-8,17H2,1-4H3,(H,18,19,21);1H. The molecule has 1 aliphatic heterocycles. The van der Waals surface area contributed by atoms with Crippen molar-refractivity contribution in [2.75, 3.05) is 13.1 Å². The lowest BCUT2D eigenvalue weighted by molar-refractivity contribution is 0.0879. The Labute approximate surface area is 146 Å². The van der Waals surface area contributed by atoms with Gasteiger partial charge >= 0.3 is 0 Å². The number of aromatic nitrogens is 2. The Morgan fingerprint density at radius 3 is 2.78 bits per heavy atom. The van der Waals surface area contributed by atoms with Gasteiger partial charge < -0.3 is 10.7 Å². The molecular weight excluding hydrogens is 332 g/mol. The molecule has 0 spiro atoms. The first-order chi connectivity index (χ1) is 10.3. The van der Waals surface area contributed by atoms with Crippen molar-refractivity contribution in [2.24, 2.45) is 11.1 Å². The zero-order chi connectivity index (χ0) is 16.1. The smallest absolute Gasteiger partial charge is 0.259 e. The van der Waals surface area contributed by atoms with E-state index in [1.165, 1.54) is 0 Å². The molecule has 0 bridgehead atoms. The highest BCUT2D eigenvalue weighted by Crippen LogP contribution is 2.29. The minimum Gasteiger partial charge on any atom is -0.327 e. The molecule has 2 aromatic rings. The first-order valence-electron chi connectivity index (χ1n) is 7.75. The number of nitrogens with zero attached hydrogens (tertiary/aromatic N) is 2. The zero-order valence-electron chi connectivity index (χ0n) is 14.1. The van der Waals surface area contributed by atoms with E-state index in [1.807, 2.05) is 13.8 Å². The summed E-state index contributed by atoms with van der Waals surface area (Å²) in [5.41, 5.74) is 7.31. The molecule has 2 aromatic heterocycles. The summed E-state index contributed by atoms with van der Waals surface area (Å²) < 4.78 is 0. The average molecular weight is 357 g/mol. The van der Waals surface area contributed by atoms with Crippen molar-refractivity contribution in [3.8, 4) is 0 Å². The molecule has 23 heavy (non-hydrogen) atoms. The fourth-order valence-electron chi connectivity index (χ4n) is 3.21. The number of H-pyrrole nitrogens is 1. The van der Waals surface area contributed by atoms with Crippen molar-refractivity contribution in [1.82, 2.24) is 14.9 Å². The SMILES string of the molecule is Cc1sc2nc(CN3CCC(N)C(C)(C)C3)[nH]c(=O)c2c1C.Cl. The Kier molecular flexibility index (Phi) is 5.21. The van der Waals surface area contributed by atoms with Gasteiger partial charge in [0.1, 0.15) is 10.7 Å². The van der Waals surface area contributed by atoms with Crippen molar-refractivity contribution in [1.29, 1.82) is 0 Å². The van der Waals surface area contributed by atoms with Crippen LogP contribution in [0.4, 0.5) is 0 Å². The maximum atomic E-state index is 12.3. The van der Waals surface area contributed by atoms with E-state index in [9.17, 15) is 4.79 Å². The van der Waals surface area contributed by atoms with Crippen molar-refractivity contribution < 1.29 is 0 Å². The van der Waals surface area contributed by atoms with E-state index in [1.54, 1.807) is 11.3 Å². The summed E-state index contributed by atoms with van der Waals surface area (Å²) in [5.74, 6) is 0.755. The normalized spacial score (nSPS) is 21.3. The predicted octanol–water partition coefficient (Wildman–Crippen LogP) is 2.58. The average Bonchev–Trinajstić information content (AvgIpc) is 2.69. The molecular formula is C16H25ClN4OS. The van der Waals surface area contributed by atoms with Gasteiger partial charge in [-0.15, -0.1) is 23.7 Å². The number of nitrogens with one attached hydrogen (secondary N) is 1.